The van der Waals surface area contributed by atoms with E-state index in [-0.39, 0.29) is 46.3 Å². The normalized spacial score (nSPS) is 18.7. The molecule has 0 N–H and O–H groups in total. The quantitative estimate of drug-likeness (QED) is 0.120. The Morgan fingerprint density at radius 2 is 1.48 bits per heavy atom. The van der Waals surface area contributed by atoms with Crippen molar-refractivity contribution in [3.05, 3.63) is 114 Å². The fourth-order valence-electron chi connectivity index (χ4n) is 7.69. The summed E-state index contributed by atoms with van der Waals surface area (Å²) in [5.41, 5.74) is 2.14. The molecule has 0 saturated heterocycles. The smallest absolute Gasteiger partial charge is 0.416 e. The monoisotopic (exact) mass is 828 g/mol. The van der Waals surface area contributed by atoms with Crippen molar-refractivity contribution in [2.45, 2.75) is 78.8 Å². The predicted octanol–water partition coefficient (Wildman–Crippen LogP) is 10.3. The van der Waals surface area contributed by atoms with Crippen LogP contribution in [0.3, 0.4) is 0 Å². The summed E-state index contributed by atoms with van der Waals surface area (Å²) in [5.74, 6) is -0.878. The second-order valence-electron chi connectivity index (χ2n) is 15.2. The zero-order chi connectivity index (χ0) is 37.7. The van der Waals surface area contributed by atoms with Gasteiger partial charge in [0.05, 0.1) is 20.7 Å². The largest absolute Gasteiger partial charge is 0.490 e. The molecule has 0 atom stereocenters. The standard InChI is InChI=1S/C40H40F3IN2O6/c1-6-51-33-17-24(16-26(44)37(33)52-32-13-12-25(40(41,42)43)18-27(32)46(49)50)34-35-28(19-38(2,3)21-30(35)47)45(15-14-23-10-8-7-9-11-23)29-20-39(4,5)22-31(48)36(29)34/h7-13,16-18,34H,6,14-15,19-22H2,1-5H3. The summed E-state index contributed by atoms with van der Waals surface area (Å²) in [6.07, 6.45) is -2.17. The van der Waals surface area contributed by atoms with Gasteiger partial charge in [-0.15, -0.1) is 0 Å². The second kappa shape index (κ2) is 14.0. The Bertz CT molecular complexity index is 1960. The van der Waals surface area contributed by atoms with E-state index in [9.17, 15) is 32.9 Å². The zero-order valence-corrected chi connectivity index (χ0v) is 31.8. The molecule has 1 heterocycles. The van der Waals surface area contributed by atoms with Gasteiger partial charge in [0.2, 0.25) is 5.75 Å². The molecule has 3 aliphatic rings. The summed E-state index contributed by atoms with van der Waals surface area (Å²) in [4.78, 5) is 41.9. The van der Waals surface area contributed by atoms with Gasteiger partial charge in [0.1, 0.15) is 0 Å². The number of ether oxygens (including phenoxy) is 2. The molecule has 1 aliphatic heterocycles. The van der Waals surface area contributed by atoms with Crippen LogP contribution in [0.1, 0.15) is 82.9 Å². The first-order valence-corrected chi connectivity index (χ1v) is 18.3. The van der Waals surface area contributed by atoms with Crippen LogP contribution in [-0.4, -0.2) is 34.5 Å². The number of Topliss-reactive ketones (excluding diaryl/α,β-unsaturated/α-hetero) is 2. The number of benzene rings is 3. The van der Waals surface area contributed by atoms with Gasteiger partial charge < -0.3 is 14.4 Å². The Morgan fingerprint density at radius 3 is 2.02 bits per heavy atom. The number of alkyl halides is 3. The molecule has 0 unspecified atom stereocenters. The number of nitro groups is 1. The lowest BCUT2D eigenvalue weighted by Crippen LogP contribution is -2.45. The van der Waals surface area contributed by atoms with Gasteiger partial charge in [0.15, 0.2) is 23.1 Å². The maximum atomic E-state index is 14.3. The summed E-state index contributed by atoms with van der Waals surface area (Å²) in [5, 5.41) is 11.9. The second-order valence-corrected chi connectivity index (χ2v) is 16.4. The molecule has 0 spiro atoms. The maximum Gasteiger partial charge on any atom is 0.416 e. The lowest BCUT2D eigenvalue weighted by molar-refractivity contribution is -0.385. The van der Waals surface area contributed by atoms with Crippen molar-refractivity contribution in [1.29, 1.82) is 0 Å². The van der Waals surface area contributed by atoms with E-state index < -0.39 is 28.3 Å². The third kappa shape index (κ3) is 7.49. The predicted molar refractivity (Wildman–Crippen MR) is 198 cm³/mol. The molecule has 274 valence electrons. The average molecular weight is 829 g/mol. The molecule has 2 aliphatic carbocycles. The molecular formula is C40H40F3IN2O6. The molecule has 3 aromatic rings. The Kier molecular flexibility index (Phi) is 10.1. The number of halogens is 4. The lowest BCUT2D eigenvalue weighted by atomic mass is 9.63. The number of rotatable bonds is 9. The first kappa shape index (κ1) is 37.6. The molecule has 12 heteroatoms. The number of hydrogen-bond acceptors (Lipinski definition) is 7. The molecule has 0 radical (unpaired) electrons. The summed E-state index contributed by atoms with van der Waals surface area (Å²) < 4.78 is 52.7. The van der Waals surface area contributed by atoms with E-state index in [4.69, 9.17) is 9.47 Å². The Balaban J connectivity index is 1.51. The maximum absolute atomic E-state index is 14.3. The molecule has 6 rings (SSSR count). The number of carbonyl (C=O) groups excluding carboxylic acids is 2. The van der Waals surface area contributed by atoms with Crippen molar-refractivity contribution in [2.75, 3.05) is 13.2 Å². The fraction of sp³-hybridized carbons (Fsp3) is 0.400. The highest BCUT2D eigenvalue weighted by molar-refractivity contribution is 14.1. The highest BCUT2D eigenvalue weighted by atomic mass is 127. The van der Waals surface area contributed by atoms with E-state index in [0.29, 0.717) is 58.6 Å². The number of ketones is 2. The first-order valence-electron chi connectivity index (χ1n) is 17.2. The number of carbonyl (C=O) groups is 2. The highest BCUT2D eigenvalue weighted by Crippen LogP contribution is 2.55. The molecule has 0 saturated carbocycles. The minimum Gasteiger partial charge on any atom is -0.490 e. The van der Waals surface area contributed by atoms with Gasteiger partial charge in [-0.25, -0.2) is 0 Å². The van der Waals surface area contributed by atoms with Gasteiger partial charge in [-0.2, -0.15) is 13.2 Å². The summed E-state index contributed by atoms with van der Waals surface area (Å²) >= 11 is 2.00. The van der Waals surface area contributed by atoms with Crippen LogP contribution in [0.15, 0.2) is 83.2 Å². The molecule has 8 nitrogen and oxygen atoms in total. The van der Waals surface area contributed by atoms with Gasteiger partial charge in [-0.1, -0.05) is 58.0 Å². The molecule has 0 aromatic heterocycles. The Labute approximate surface area is 314 Å². The van der Waals surface area contributed by atoms with E-state index in [2.05, 4.69) is 44.7 Å². The molecule has 0 bridgehead atoms. The van der Waals surface area contributed by atoms with E-state index in [1.54, 1.807) is 19.1 Å². The lowest BCUT2D eigenvalue weighted by Gasteiger charge is -2.49. The van der Waals surface area contributed by atoms with Crippen molar-refractivity contribution in [1.82, 2.24) is 4.90 Å². The van der Waals surface area contributed by atoms with Crippen molar-refractivity contribution in [3.63, 3.8) is 0 Å². The number of hydrogen-bond donors (Lipinski definition) is 0. The van der Waals surface area contributed by atoms with E-state index >= 15 is 0 Å². The van der Waals surface area contributed by atoms with Crippen LogP contribution in [0.4, 0.5) is 18.9 Å². The van der Waals surface area contributed by atoms with Gasteiger partial charge in [0, 0.05) is 53.9 Å². The van der Waals surface area contributed by atoms with Gasteiger partial charge >= 0.3 is 11.9 Å². The van der Waals surface area contributed by atoms with Crippen molar-refractivity contribution < 1.29 is 37.2 Å². The summed E-state index contributed by atoms with van der Waals surface area (Å²) in [6, 6.07) is 15.7. The summed E-state index contributed by atoms with van der Waals surface area (Å²) in [7, 11) is 0. The third-order valence-electron chi connectivity index (χ3n) is 9.85. The van der Waals surface area contributed by atoms with Crippen molar-refractivity contribution >= 4 is 39.8 Å². The number of nitro benzene ring substituents is 1. The molecule has 3 aromatic carbocycles. The third-order valence-corrected chi connectivity index (χ3v) is 10.7. The van der Waals surface area contributed by atoms with E-state index in [0.717, 1.165) is 35.5 Å². The fourth-order valence-corrected chi connectivity index (χ4v) is 8.42. The zero-order valence-electron chi connectivity index (χ0n) is 29.7. The van der Waals surface area contributed by atoms with Crippen LogP contribution in [-0.2, 0) is 22.2 Å². The van der Waals surface area contributed by atoms with E-state index in [1.807, 2.05) is 40.8 Å². The highest BCUT2D eigenvalue weighted by Gasteiger charge is 2.49. The van der Waals surface area contributed by atoms with Crippen molar-refractivity contribution in [2.24, 2.45) is 10.8 Å². The van der Waals surface area contributed by atoms with Gasteiger partial charge in [-0.05, 0) is 95.0 Å². The first-order chi connectivity index (χ1) is 24.4. The van der Waals surface area contributed by atoms with Gasteiger partial charge in [0.25, 0.3) is 0 Å². The van der Waals surface area contributed by atoms with Crippen LogP contribution in [0, 0.1) is 24.5 Å². The molecule has 0 amide bonds. The van der Waals surface area contributed by atoms with Crippen LogP contribution in [0.5, 0.6) is 17.2 Å². The van der Waals surface area contributed by atoms with Crippen LogP contribution < -0.4 is 9.47 Å². The van der Waals surface area contributed by atoms with Crippen LogP contribution >= 0.6 is 22.6 Å². The van der Waals surface area contributed by atoms with E-state index in [1.165, 1.54) is 0 Å². The number of nitrogens with zero attached hydrogens (tertiary/aromatic N) is 2. The summed E-state index contributed by atoms with van der Waals surface area (Å²) in [6.45, 7) is 10.9. The van der Waals surface area contributed by atoms with Crippen LogP contribution in [0.2, 0.25) is 0 Å². The minimum absolute atomic E-state index is 0.0289. The molecule has 0 fully saturated rings. The average Bonchev–Trinajstić information content (AvgIpc) is 3.04. The number of allylic oxidation sites excluding steroid dienone is 4. The van der Waals surface area contributed by atoms with Gasteiger partial charge in [-0.3, -0.25) is 19.7 Å². The Hall–Kier alpha value is -4.20. The van der Waals surface area contributed by atoms with Crippen LogP contribution in [0.25, 0.3) is 0 Å². The molecular weight excluding hydrogens is 788 g/mol. The minimum atomic E-state index is -4.79. The Morgan fingerprint density at radius 1 is 0.885 bits per heavy atom. The SMILES string of the molecule is CCOc1cc(C2C3=C(CC(C)(C)CC3=O)N(CCc3ccccc3)C3=C2C(=O)CC(C)(C)C3)cc(I)c1Oc1ccc(C(F)(F)F)cc1[N+](=O)[O-]. The van der Waals surface area contributed by atoms with Crippen molar-refractivity contribution in [3.8, 4) is 17.2 Å². The topological polar surface area (TPSA) is 99.0 Å². The molecule has 52 heavy (non-hydrogen) atoms.